The molecule has 0 radical (unpaired) electrons. The molecular weight excluding hydrogens is 250 g/mol. The van der Waals surface area contributed by atoms with Gasteiger partial charge in [0.1, 0.15) is 0 Å². The lowest BCUT2D eigenvalue weighted by Crippen LogP contribution is -2.48. The van der Waals surface area contributed by atoms with Crippen LogP contribution in [-0.4, -0.2) is 30.1 Å². The maximum Gasteiger partial charge on any atom is 0.313 e. The zero-order valence-corrected chi connectivity index (χ0v) is 11.9. The van der Waals surface area contributed by atoms with Gasteiger partial charge in [0.25, 0.3) is 0 Å². The first kappa shape index (κ1) is 12.4. The van der Waals surface area contributed by atoms with Crippen molar-refractivity contribution >= 4 is 5.97 Å². The van der Waals surface area contributed by atoms with E-state index in [0.29, 0.717) is 18.0 Å². The van der Waals surface area contributed by atoms with Crippen LogP contribution in [0.2, 0.25) is 0 Å². The SMILES string of the molecule is COC(=O)C12CC1C[C@H]1CCC2N1Cc1ccccc1. The van der Waals surface area contributed by atoms with E-state index in [9.17, 15) is 4.79 Å². The number of piperidine rings is 1. The van der Waals surface area contributed by atoms with Crippen LogP contribution in [0, 0.1) is 11.3 Å². The molecule has 3 nitrogen and oxygen atoms in total. The van der Waals surface area contributed by atoms with E-state index in [-0.39, 0.29) is 11.4 Å². The van der Waals surface area contributed by atoms with Gasteiger partial charge in [-0.25, -0.2) is 0 Å². The van der Waals surface area contributed by atoms with Crippen molar-refractivity contribution in [3.63, 3.8) is 0 Å². The minimum absolute atomic E-state index is 0.0333. The summed E-state index contributed by atoms with van der Waals surface area (Å²) in [6, 6.07) is 11.7. The average Bonchev–Trinajstić information content (AvgIpc) is 3.12. The molecule has 2 bridgehead atoms. The maximum absolute atomic E-state index is 12.3. The Balaban J connectivity index is 1.60. The van der Waals surface area contributed by atoms with Gasteiger partial charge in [-0.15, -0.1) is 0 Å². The first-order chi connectivity index (χ1) is 9.75. The van der Waals surface area contributed by atoms with Gasteiger partial charge < -0.3 is 4.74 Å². The molecule has 0 N–H and O–H groups in total. The van der Waals surface area contributed by atoms with Crippen molar-refractivity contribution in [2.24, 2.45) is 11.3 Å². The smallest absolute Gasteiger partial charge is 0.313 e. The molecule has 3 aliphatic rings. The molecule has 1 aliphatic carbocycles. The van der Waals surface area contributed by atoms with Gasteiger partial charge in [-0.3, -0.25) is 9.69 Å². The summed E-state index contributed by atoms with van der Waals surface area (Å²) >= 11 is 0. The number of nitrogens with zero attached hydrogens (tertiary/aromatic N) is 1. The van der Waals surface area contributed by atoms with Gasteiger partial charge in [0.05, 0.1) is 12.5 Å². The van der Waals surface area contributed by atoms with Crippen LogP contribution in [0.4, 0.5) is 0 Å². The van der Waals surface area contributed by atoms with Crippen LogP contribution in [0.5, 0.6) is 0 Å². The number of ether oxygens (including phenoxy) is 1. The predicted molar refractivity (Wildman–Crippen MR) is 76.0 cm³/mol. The van der Waals surface area contributed by atoms with Crippen molar-refractivity contribution in [3.8, 4) is 0 Å². The molecule has 1 aromatic carbocycles. The van der Waals surface area contributed by atoms with E-state index in [4.69, 9.17) is 4.74 Å². The molecule has 2 heterocycles. The second-order valence-electron chi connectivity index (χ2n) is 6.57. The lowest BCUT2D eigenvalue weighted by atomic mass is 9.88. The fraction of sp³-hybridized carbons (Fsp3) is 0.588. The molecule has 2 saturated heterocycles. The van der Waals surface area contributed by atoms with Crippen molar-refractivity contribution in [2.75, 3.05) is 7.11 Å². The minimum Gasteiger partial charge on any atom is -0.469 e. The van der Waals surface area contributed by atoms with Crippen molar-refractivity contribution in [2.45, 2.75) is 44.3 Å². The molecular formula is C17H21NO2. The highest BCUT2D eigenvalue weighted by molar-refractivity contribution is 5.82. The first-order valence-corrected chi connectivity index (χ1v) is 7.64. The third-order valence-corrected chi connectivity index (χ3v) is 5.72. The minimum atomic E-state index is -0.170. The molecule has 0 spiro atoms. The molecule has 4 rings (SSSR count). The summed E-state index contributed by atoms with van der Waals surface area (Å²) in [5.41, 5.74) is 1.18. The average molecular weight is 271 g/mol. The molecule has 2 aliphatic heterocycles. The summed E-state index contributed by atoms with van der Waals surface area (Å²) in [5, 5.41) is 0. The number of hydrogen-bond donors (Lipinski definition) is 0. The van der Waals surface area contributed by atoms with Crippen molar-refractivity contribution in [3.05, 3.63) is 35.9 Å². The van der Waals surface area contributed by atoms with E-state index in [1.807, 2.05) is 0 Å². The van der Waals surface area contributed by atoms with E-state index in [1.54, 1.807) is 0 Å². The number of carbonyl (C=O) groups excluding carboxylic acids is 1. The third-order valence-electron chi connectivity index (χ3n) is 5.72. The van der Waals surface area contributed by atoms with E-state index in [1.165, 1.54) is 25.5 Å². The Kier molecular flexibility index (Phi) is 2.68. The molecule has 1 saturated carbocycles. The predicted octanol–water partition coefficient (Wildman–Crippen LogP) is 2.60. The highest BCUT2D eigenvalue weighted by Crippen LogP contribution is 2.66. The van der Waals surface area contributed by atoms with Crippen LogP contribution in [-0.2, 0) is 16.1 Å². The summed E-state index contributed by atoms with van der Waals surface area (Å²) in [6.45, 7) is 0.974. The molecule has 106 valence electrons. The summed E-state index contributed by atoms with van der Waals surface area (Å²) in [5.74, 6) is 0.616. The molecule has 3 unspecified atom stereocenters. The van der Waals surface area contributed by atoms with E-state index < -0.39 is 0 Å². The quantitative estimate of drug-likeness (QED) is 0.791. The molecule has 20 heavy (non-hydrogen) atoms. The molecule has 0 amide bonds. The van der Waals surface area contributed by atoms with E-state index >= 15 is 0 Å². The fourth-order valence-corrected chi connectivity index (χ4v) is 4.73. The van der Waals surface area contributed by atoms with Gasteiger partial charge >= 0.3 is 5.97 Å². The van der Waals surface area contributed by atoms with Gasteiger partial charge in [-0.2, -0.15) is 0 Å². The standard InChI is InChI=1S/C17H21NO2/c1-20-16(19)17-10-13(17)9-14-7-8-15(17)18(14)11-12-5-3-2-4-6-12/h2-6,13-15H,7-11H2,1H3/t13?,14-,15?,17?/m1/s1. The lowest BCUT2D eigenvalue weighted by Gasteiger charge is -2.39. The Labute approximate surface area is 119 Å². The normalized spacial score (nSPS) is 38.4. The van der Waals surface area contributed by atoms with Crippen molar-refractivity contribution in [1.29, 1.82) is 0 Å². The van der Waals surface area contributed by atoms with Crippen LogP contribution < -0.4 is 0 Å². The van der Waals surface area contributed by atoms with Crippen LogP contribution in [0.15, 0.2) is 30.3 Å². The number of benzene rings is 1. The monoisotopic (exact) mass is 271 g/mol. The van der Waals surface area contributed by atoms with Gasteiger partial charge in [-0.1, -0.05) is 30.3 Å². The Morgan fingerprint density at radius 2 is 2.15 bits per heavy atom. The Morgan fingerprint density at radius 3 is 2.90 bits per heavy atom. The summed E-state index contributed by atoms with van der Waals surface area (Å²) < 4.78 is 5.12. The molecule has 3 heteroatoms. The third kappa shape index (κ3) is 1.59. The molecule has 0 aromatic heterocycles. The zero-order chi connectivity index (χ0) is 13.7. The van der Waals surface area contributed by atoms with Gasteiger partial charge in [-0.05, 0) is 37.2 Å². The number of carbonyl (C=O) groups is 1. The molecule has 3 fully saturated rings. The van der Waals surface area contributed by atoms with Gasteiger partial charge in [0, 0.05) is 18.6 Å². The van der Waals surface area contributed by atoms with Crippen LogP contribution >= 0.6 is 0 Å². The van der Waals surface area contributed by atoms with Crippen molar-refractivity contribution < 1.29 is 9.53 Å². The highest BCUT2D eigenvalue weighted by atomic mass is 16.5. The Hall–Kier alpha value is -1.35. The highest BCUT2D eigenvalue weighted by Gasteiger charge is 2.71. The van der Waals surface area contributed by atoms with E-state index in [0.717, 1.165) is 19.4 Å². The second-order valence-corrected chi connectivity index (χ2v) is 6.57. The summed E-state index contributed by atoms with van der Waals surface area (Å²) in [4.78, 5) is 14.8. The fourth-order valence-electron chi connectivity index (χ4n) is 4.73. The molecule has 1 aromatic rings. The number of hydrogen-bond acceptors (Lipinski definition) is 3. The summed E-state index contributed by atoms with van der Waals surface area (Å²) in [6.07, 6.45) is 4.63. The van der Waals surface area contributed by atoms with Crippen LogP contribution in [0.25, 0.3) is 0 Å². The Morgan fingerprint density at radius 1 is 1.35 bits per heavy atom. The topological polar surface area (TPSA) is 29.5 Å². The lowest BCUT2D eigenvalue weighted by molar-refractivity contribution is -0.152. The largest absolute Gasteiger partial charge is 0.469 e. The molecule has 4 atom stereocenters. The number of esters is 1. The van der Waals surface area contributed by atoms with Crippen molar-refractivity contribution in [1.82, 2.24) is 4.90 Å². The number of methoxy groups -OCH3 is 1. The second kappa shape index (κ2) is 4.32. The zero-order valence-electron chi connectivity index (χ0n) is 11.9. The Bertz CT molecular complexity index is 529. The van der Waals surface area contributed by atoms with Gasteiger partial charge in [0.2, 0.25) is 0 Å². The van der Waals surface area contributed by atoms with Crippen LogP contribution in [0.3, 0.4) is 0 Å². The maximum atomic E-state index is 12.3. The first-order valence-electron chi connectivity index (χ1n) is 7.64. The summed E-state index contributed by atoms with van der Waals surface area (Å²) in [7, 11) is 1.54. The van der Waals surface area contributed by atoms with Gasteiger partial charge in [0.15, 0.2) is 0 Å². The van der Waals surface area contributed by atoms with E-state index in [2.05, 4.69) is 35.2 Å². The number of fused-ring (bicyclic) bond motifs is 4. The number of rotatable bonds is 3. The van der Waals surface area contributed by atoms with Crippen LogP contribution in [0.1, 0.15) is 31.2 Å².